The molecule has 0 rings (SSSR count). The number of carboxylic acids is 1. The van der Waals surface area contributed by atoms with Crippen molar-refractivity contribution in [2.75, 3.05) is 26.2 Å². The first-order chi connectivity index (χ1) is 15.9. The van der Waals surface area contributed by atoms with E-state index in [9.17, 15) is 28.8 Å². The number of aliphatic carboxylic acids is 1. The summed E-state index contributed by atoms with van der Waals surface area (Å²) in [5.74, 6) is -6.09. The Bertz CT molecular complexity index is 785. The van der Waals surface area contributed by atoms with Crippen molar-refractivity contribution in [1.29, 1.82) is 0 Å². The van der Waals surface area contributed by atoms with E-state index in [1.54, 1.807) is 0 Å². The molecular formula is C17H31N9O8. The molecule has 0 heterocycles. The van der Waals surface area contributed by atoms with Crippen LogP contribution in [0.15, 0.2) is 4.99 Å². The summed E-state index contributed by atoms with van der Waals surface area (Å²) in [6, 6.07) is -4.20. The Morgan fingerprint density at radius 1 is 0.853 bits per heavy atom. The number of nitrogens with zero attached hydrogens (tertiary/aromatic N) is 1. The van der Waals surface area contributed by atoms with Crippen LogP contribution in [0, 0.1) is 0 Å². The quantitative estimate of drug-likeness (QED) is 0.0551. The lowest BCUT2D eigenvalue weighted by atomic mass is 10.1. The summed E-state index contributed by atoms with van der Waals surface area (Å²) in [5, 5.41) is 26.7. The molecule has 0 spiro atoms. The number of aliphatic hydroxyl groups excluding tert-OH is 1. The van der Waals surface area contributed by atoms with Crippen molar-refractivity contribution in [1.82, 2.24) is 21.3 Å². The van der Waals surface area contributed by atoms with E-state index in [4.69, 9.17) is 33.1 Å². The highest BCUT2D eigenvalue weighted by molar-refractivity contribution is 5.95. The number of guanidine groups is 1. The second kappa shape index (κ2) is 15.8. The number of carbonyl (C=O) groups excluding carboxylic acids is 5. The molecular weight excluding hydrogens is 458 g/mol. The fraction of sp³-hybridized carbons (Fsp3) is 0.588. The summed E-state index contributed by atoms with van der Waals surface area (Å²) in [6.07, 6.45) is -0.447. The molecule has 0 saturated carbocycles. The van der Waals surface area contributed by atoms with Crippen LogP contribution >= 0.6 is 0 Å². The molecule has 17 nitrogen and oxygen atoms in total. The predicted molar refractivity (Wildman–Crippen MR) is 116 cm³/mol. The molecule has 0 aliphatic rings. The Morgan fingerprint density at radius 2 is 1.47 bits per heavy atom. The molecule has 0 fully saturated rings. The predicted octanol–water partition coefficient (Wildman–Crippen LogP) is -6.48. The number of aliphatic imine (C=N–C) groups is 1. The summed E-state index contributed by atoms with van der Waals surface area (Å²) < 4.78 is 0. The number of hydrogen-bond acceptors (Lipinski definition) is 9. The van der Waals surface area contributed by atoms with Crippen LogP contribution in [0.2, 0.25) is 0 Å². The van der Waals surface area contributed by atoms with E-state index in [2.05, 4.69) is 20.9 Å². The van der Waals surface area contributed by atoms with Gasteiger partial charge in [-0.3, -0.25) is 33.8 Å². The maximum Gasteiger partial charge on any atom is 0.305 e. The summed E-state index contributed by atoms with van der Waals surface area (Å²) in [6.45, 7) is -1.73. The average molecular weight is 489 g/mol. The molecule has 3 atom stereocenters. The largest absolute Gasteiger partial charge is 0.481 e. The Labute approximate surface area is 194 Å². The number of carbonyl (C=O) groups is 6. The van der Waals surface area contributed by atoms with Gasteiger partial charge >= 0.3 is 5.97 Å². The maximum absolute atomic E-state index is 12.4. The number of rotatable bonds is 16. The van der Waals surface area contributed by atoms with Crippen LogP contribution in [-0.4, -0.2) is 96.0 Å². The Morgan fingerprint density at radius 3 is 1.97 bits per heavy atom. The third kappa shape index (κ3) is 12.8. The van der Waals surface area contributed by atoms with E-state index in [-0.39, 0.29) is 25.5 Å². The van der Waals surface area contributed by atoms with Gasteiger partial charge in [0, 0.05) is 6.54 Å². The molecule has 192 valence electrons. The van der Waals surface area contributed by atoms with Crippen molar-refractivity contribution >= 4 is 41.5 Å². The summed E-state index contributed by atoms with van der Waals surface area (Å²) in [7, 11) is 0. The molecule has 0 radical (unpaired) electrons. The van der Waals surface area contributed by atoms with E-state index in [0.29, 0.717) is 6.42 Å². The number of primary amides is 1. The lowest BCUT2D eigenvalue weighted by molar-refractivity contribution is -0.141. The van der Waals surface area contributed by atoms with Crippen LogP contribution in [0.5, 0.6) is 0 Å². The van der Waals surface area contributed by atoms with Gasteiger partial charge < -0.3 is 54.4 Å². The smallest absolute Gasteiger partial charge is 0.305 e. The van der Waals surface area contributed by atoms with Crippen molar-refractivity contribution in [3.8, 4) is 0 Å². The van der Waals surface area contributed by atoms with Gasteiger partial charge in [0.25, 0.3) is 0 Å². The van der Waals surface area contributed by atoms with Gasteiger partial charge in [0.2, 0.25) is 29.5 Å². The summed E-state index contributed by atoms with van der Waals surface area (Å²) in [5.41, 5.74) is 20.6. The molecule has 0 saturated heterocycles. The Kier molecular flexibility index (Phi) is 13.9. The van der Waals surface area contributed by atoms with Crippen molar-refractivity contribution < 1.29 is 39.0 Å². The van der Waals surface area contributed by atoms with Crippen LogP contribution in [-0.2, 0) is 28.8 Å². The van der Waals surface area contributed by atoms with Gasteiger partial charge in [-0.25, -0.2) is 0 Å². The first kappa shape index (κ1) is 30.0. The van der Waals surface area contributed by atoms with Gasteiger partial charge in [0.05, 0.1) is 26.1 Å². The lowest BCUT2D eigenvalue weighted by Gasteiger charge is -2.21. The van der Waals surface area contributed by atoms with Crippen LogP contribution in [0.1, 0.15) is 19.3 Å². The molecule has 0 aromatic rings. The molecule has 0 aliphatic heterocycles. The molecule has 0 aromatic carbocycles. The SMILES string of the molecule is NCC(=O)N[C@@H](CCCN=C(N)N)C(=O)NCC(=O)N[C@@H](CC(=O)O)C(=O)N[C@@H](CO)C(N)=O. The topological polar surface area (TPSA) is 307 Å². The molecule has 0 unspecified atom stereocenters. The van der Waals surface area contributed by atoms with Crippen molar-refractivity contribution in [3.05, 3.63) is 0 Å². The molecule has 34 heavy (non-hydrogen) atoms. The van der Waals surface area contributed by atoms with Crippen molar-refractivity contribution in [2.45, 2.75) is 37.4 Å². The molecule has 0 aliphatic carbocycles. The van der Waals surface area contributed by atoms with E-state index in [1.807, 2.05) is 5.32 Å². The summed E-state index contributed by atoms with van der Waals surface area (Å²) >= 11 is 0. The first-order valence-corrected chi connectivity index (χ1v) is 9.95. The number of aliphatic hydroxyl groups is 1. The number of nitrogens with two attached hydrogens (primary N) is 4. The molecule has 0 bridgehead atoms. The lowest BCUT2D eigenvalue weighted by Crippen LogP contribution is -2.56. The van der Waals surface area contributed by atoms with Gasteiger partial charge in [-0.1, -0.05) is 0 Å². The number of amides is 5. The van der Waals surface area contributed by atoms with Crippen LogP contribution in [0.25, 0.3) is 0 Å². The number of hydrogen-bond donors (Lipinski definition) is 10. The van der Waals surface area contributed by atoms with E-state index >= 15 is 0 Å². The first-order valence-electron chi connectivity index (χ1n) is 9.95. The second-order valence-corrected chi connectivity index (χ2v) is 6.85. The molecule has 17 heteroatoms. The van der Waals surface area contributed by atoms with Crippen molar-refractivity contribution in [2.24, 2.45) is 27.9 Å². The highest BCUT2D eigenvalue weighted by Gasteiger charge is 2.28. The van der Waals surface area contributed by atoms with Gasteiger partial charge in [-0.05, 0) is 12.8 Å². The van der Waals surface area contributed by atoms with Gasteiger partial charge in [-0.2, -0.15) is 0 Å². The molecule has 5 amide bonds. The van der Waals surface area contributed by atoms with Gasteiger partial charge in [0.1, 0.15) is 18.1 Å². The van der Waals surface area contributed by atoms with Crippen LogP contribution in [0.4, 0.5) is 0 Å². The zero-order valence-electron chi connectivity index (χ0n) is 18.3. The zero-order valence-corrected chi connectivity index (χ0v) is 18.3. The highest BCUT2D eigenvalue weighted by atomic mass is 16.4. The van der Waals surface area contributed by atoms with Crippen LogP contribution < -0.4 is 44.2 Å². The minimum atomic E-state index is -1.64. The van der Waals surface area contributed by atoms with Gasteiger partial charge in [-0.15, -0.1) is 0 Å². The van der Waals surface area contributed by atoms with Crippen LogP contribution in [0.3, 0.4) is 0 Å². The van der Waals surface area contributed by atoms with E-state index < -0.39 is 73.2 Å². The fourth-order valence-corrected chi connectivity index (χ4v) is 2.42. The molecule has 0 aromatic heterocycles. The second-order valence-electron chi connectivity index (χ2n) is 6.85. The fourth-order valence-electron chi connectivity index (χ4n) is 2.42. The third-order valence-corrected chi connectivity index (χ3v) is 4.08. The normalized spacial score (nSPS) is 12.9. The minimum absolute atomic E-state index is 0.107. The average Bonchev–Trinajstić information content (AvgIpc) is 2.76. The Balaban J connectivity index is 5.04. The summed E-state index contributed by atoms with van der Waals surface area (Å²) in [4.78, 5) is 74.3. The van der Waals surface area contributed by atoms with E-state index in [0.717, 1.165) is 0 Å². The molecule has 14 N–H and O–H groups in total. The maximum atomic E-state index is 12.4. The Hall–Kier alpha value is -3.99. The third-order valence-electron chi connectivity index (χ3n) is 4.08. The van der Waals surface area contributed by atoms with Crippen molar-refractivity contribution in [3.63, 3.8) is 0 Å². The number of nitrogens with one attached hydrogen (secondary N) is 4. The standard InChI is InChI=1S/C17H31N9O8/c18-5-11(28)24-8(2-1-3-22-17(20)21)15(33)23-6-12(29)25-9(4-13(30)31)16(34)26-10(7-27)14(19)32/h8-10,27H,1-7,18H2,(H2,19,32)(H,23,33)(H,24,28)(H,25,29)(H,26,34)(H,30,31)(H4,20,21,22)/t8-,9-,10-/m0/s1. The minimum Gasteiger partial charge on any atom is -0.481 e. The zero-order chi connectivity index (χ0) is 26.3. The monoisotopic (exact) mass is 489 g/mol. The van der Waals surface area contributed by atoms with Gasteiger partial charge in [0.15, 0.2) is 5.96 Å². The van der Waals surface area contributed by atoms with E-state index in [1.165, 1.54) is 0 Å². The number of carboxylic acid groups (broad SMARTS) is 1. The highest BCUT2D eigenvalue weighted by Crippen LogP contribution is 1.99.